The maximum atomic E-state index is 12.3. The monoisotopic (exact) mass is 418 g/mol. The lowest BCUT2D eigenvalue weighted by Crippen LogP contribution is -2.50. The van der Waals surface area contributed by atoms with Crippen LogP contribution in [0.5, 0.6) is 0 Å². The number of carbonyl (C=O) groups excluding carboxylic acids is 1. The number of amides is 1. The van der Waals surface area contributed by atoms with Gasteiger partial charge in [0.1, 0.15) is 5.60 Å². The maximum absolute atomic E-state index is 12.3. The van der Waals surface area contributed by atoms with Crippen molar-refractivity contribution in [1.29, 1.82) is 0 Å². The average molecular weight is 419 g/mol. The van der Waals surface area contributed by atoms with E-state index < -0.39 is 11.6 Å². The predicted molar refractivity (Wildman–Crippen MR) is 116 cm³/mol. The molecular weight excluding hydrogens is 384 g/mol. The molecule has 2 heterocycles. The van der Waals surface area contributed by atoms with Gasteiger partial charge in [0.25, 0.3) is 0 Å². The van der Waals surface area contributed by atoms with Gasteiger partial charge in [-0.2, -0.15) is 0 Å². The van der Waals surface area contributed by atoms with Gasteiger partial charge in [0.05, 0.1) is 5.56 Å². The van der Waals surface area contributed by atoms with Crippen LogP contribution in [0.4, 0.5) is 10.5 Å². The quantitative estimate of drug-likeness (QED) is 0.778. The molecule has 0 bridgehead atoms. The van der Waals surface area contributed by atoms with E-state index >= 15 is 0 Å². The minimum atomic E-state index is -0.915. The van der Waals surface area contributed by atoms with Crippen LogP contribution in [0.3, 0.4) is 0 Å². The summed E-state index contributed by atoms with van der Waals surface area (Å²) in [4.78, 5) is 28.2. The predicted octanol–water partition coefficient (Wildman–Crippen LogP) is 4.03. The van der Waals surface area contributed by atoms with Gasteiger partial charge in [-0.25, -0.2) is 9.59 Å². The number of carboxylic acids is 1. The molecule has 1 aromatic rings. The number of hydrogen-bond donors (Lipinski definition) is 1. The lowest BCUT2D eigenvalue weighted by Gasteiger charge is -2.41. The molecule has 0 aliphatic carbocycles. The van der Waals surface area contributed by atoms with Gasteiger partial charge < -0.3 is 24.4 Å². The zero-order valence-corrected chi connectivity index (χ0v) is 18.7. The summed E-state index contributed by atoms with van der Waals surface area (Å²) in [5.74, 6) is -0.801. The van der Waals surface area contributed by atoms with Crippen LogP contribution in [0.2, 0.25) is 0 Å². The van der Waals surface area contributed by atoms with Gasteiger partial charge >= 0.3 is 12.1 Å². The minimum absolute atomic E-state index is 0.114. The summed E-state index contributed by atoms with van der Waals surface area (Å²) in [6, 6.07) is 4.24. The Morgan fingerprint density at radius 1 is 1.23 bits per heavy atom. The fraction of sp³-hybridized carbons (Fsp3) is 0.652. The topological polar surface area (TPSA) is 79.3 Å². The van der Waals surface area contributed by atoms with Crippen LogP contribution in [0, 0.1) is 6.92 Å². The largest absolute Gasteiger partial charge is 0.478 e. The molecule has 0 aromatic heterocycles. The minimum Gasteiger partial charge on any atom is -0.478 e. The number of likely N-dealkylation sites (tertiary alicyclic amines) is 1. The van der Waals surface area contributed by atoms with E-state index in [2.05, 4.69) is 17.9 Å². The van der Waals surface area contributed by atoms with E-state index in [9.17, 15) is 14.7 Å². The van der Waals surface area contributed by atoms with Crippen molar-refractivity contribution < 1.29 is 24.2 Å². The summed E-state index contributed by atoms with van der Waals surface area (Å²) in [6.45, 7) is 12.9. The van der Waals surface area contributed by atoms with Crippen LogP contribution >= 0.6 is 0 Å². The molecule has 3 rings (SSSR count). The van der Waals surface area contributed by atoms with Gasteiger partial charge in [0.15, 0.2) is 0 Å². The van der Waals surface area contributed by atoms with Crippen LogP contribution < -0.4 is 4.90 Å². The summed E-state index contributed by atoms with van der Waals surface area (Å²) in [5.41, 5.74) is 2.56. The lowest BCUT2D eigenvalue weighted by atomic mass is 9.88. The molecule has 0 radical (unpaired) electrons. The fourth-order valence-electron chi connectivity index (χ4n) is 4.26. The molecule has 7 heteroatoms. The van der Waals surface area contributed by atoms with Gasteiger partial charge in [-0.05, 0) is 70.7 Å². The number of hydrogen-bond acceptors (Lipinski definition) is 5. The second-order valence-electron chi connectivity index (χ2n) is 9.23. The van der Waals surface area contributed by atoms with E-state index in [0.717, 1.165) is 49.4 Å². The molecule has 2 aliphatic rings. The van der Waals surface area contributed by atoms with Gasteiger partial charge in [0, 0.05) is 50.5 Å². The number of rotatable bonds is 5. The SMILES string of the molecule is CCN(c1cc(C2CN(C(=O)OC(C)(C)C)C2)cc(C(=O)O)c1C)C1CCOCC1. The van der Waals surface area contributed by atoms with Crippen LogP contribution in [0.25, 0.3) is 0 Å². The highest BCUT2D eigenvalue weighted by atomic mass is 16.6. The second-order valence-corrected chi connectivity index (χ2v) is 9.23. The van der Waals surface area contributed by atoms with Crippen molar-refractivity contribution in [2.24, 2.45) is 0 Å². The number of aromatic carboxylic acids is 1. The Labute approximate surface area is 178 Å². The van der Waals surface area contributed by atoms with E-state index in [1.807, 2.05) is 27.7 Å². The van der Waals surface area contributed by atoms with Gasteiger partial charge in [-0.1, -0.05) is 0 Å². The zero-order chi connectivity index (χ0) is 22.1. The Bertz CT molecular complexity index is 790. The first kappa shape index (κ1) is 22.4. The molecular formula is C23H34N2O5. The van der Waals surface area contributed by atoms with Crippen molar-refractivity contribution in [3.8, 4) is 0 Å². The molecule has 30 heavy (non-hydrogen) atoms. The molecule has 0 unspecified atom stereocenters. The maximum Gasteiger partial charge on any atom is 0.410 e. The van der Waals surface area contributed by atoms with Crippen molar-refractivity contribution in [1.82, 2.24) is 4.90 Å². The second kappa shape index (κ2) is 8.84. The molecule has 2 fully saturated rings. The van der Waals surface area contributed by atoms with E-state index in [0.29, 0.717) is 24.7 Å². The van der Waals surface area contributed by atoms with Gasteiger partial charge in [0.2, 0.25) is 0 Å². The van der Waals surface area contributed by atoms with Crippen molar-refractivity contribution in [2.75, 3.05) is 37.7 Å². The van der Waals surface area contributed by atoms with Crippen molar-refractivity contribution in [2.45, 2.75) is 65.0 Å². The molecule has 0 saturated carbocycles. The summed E-state index contributed by atoms with van der Waals surface area (Å²) in [5, 5.41) is 9.80. The standard InChI is InChI=1S/C23H34N2O5/c1-6-25(18-7-9-29-10-8-18)20-12-16(11-19(15(20)2)21(26)27)17-13-24(14-17)22(28)30-23(3,4)5/h11-12,17-18H,6-10,13-14H2,1-5H3,(H,26,27). The highest BCUT2D eigenvalue weighted by molar-refractivity contribution is 5.92. The van der Waals surface area contributed by atoms with Crippen molar-refractivity contribution in [3.63, 3.8) is 0 Å². The molecule has 0 atom stereocenters. The average Bonchev–Trinajstić information content (AvgIpc) is 2.62. The summed E-state index contributed by atoms with van der Waals surface area (Å²) in [7, 11) is 0. The van der Waals surface area contributed by atoms with E-state index in [1.165, 1.54) is 0 Å². The van der Waals surface area contributed by atoms with Crippen molar-refractivity contribution >= 4 is 17.7 Å². The Hall–Kier alpha value is -2.28. The Morgan fingerprint density at radius 3 is 2.40 bits per heavy atom. The van der Waals surface area contributed by atoms with Crippen LogP contribution in [-0.2, 0) is 9.47 Å². The van der Waals surface area contributed by atoms with E-state index in [1.54, 1.807) is 11.0 Å². The summed E-state index contributed by atoms with van der Waals surface area (Å²) < 4.78 is 10.9. The smallest absolute Gasteiger partial charge is 0.410 e. The first-order valence-electron chi connectivity index (χ1n) is 10.8. The van der Waals surface area contributed by atoms with Crippen LogP contribution in [0.15, 0.2) is 12.1 Å². The summed E-state index contributed by atoms with van der Waals surface area (Å²) in [6.07, 6.45) is 1.56. The molecule has 1 amide bonds. The molecule has 2 saturated heterocycles. The fourth-order valence-corrected chi connectivity index (χ4v) is 4.26. The number of nitrogens with zero attached hydrogens (tertiary/aromatic N) is 2. The number of carboxylic acid groups (broad SMARTS) is 1. The first-order valence-corrected chi connectivity index (χ1v) is 10.8. The number of carbonyl (C=O) groups is 2. The Morgan fingerprint density at radius 2 is 1.87 bits per heavy atom. The zero-order valence-electron chi connectivity index (χ0n) is 18.7. The Balaban J connectivity index is 1.84. The summed E-state index contributed by atoms with van der Waals surface area (Å²) >= 11 is 0. The first-order chi connectivity index (χ1) is 14.1. The molecule has 2 aliphatic heterocycles. The number of anilines is 1. The number of ether oxygens (including phenoxy) is 2. The molecule has 0 spiro atoms. The van der Waals surface area contributed by atoms with Crippen molar-refractivity contribution in [3.05, 3.63) is 28.8 Å². The van der Waals surface area contributed by atoms with Gasteiger partial charge in [-0.3, -0.25) is 0 Å². The van der Waals surface area contributed by atoms with E-state index in [4.69, 9.17) is 9.47 Å². The molecule has 166 valence electrons. The molecule has 7 nitrogen and oxygen atoms in total. The molecule has 1 aromatic carbocycles. The number of benzene rings is 1. The third-order valence-corrected chi connectivity index (χ3v) is 5.92. The van der Waals surface area contributed by atoms with Gasteiger partial charge in [-0.15, -0.1) is 0 Å². The highest BCUT2D eigenvalue weighted by Crippen LogP contribution is 2.35. The third kappa shape index (κ3) is 4.89. The van der Waals surface area contributed by atoms with E-state index in [-0.39, 0.29) is 12.0 Å². The normalized spacial score (nSPS) is 18.1. The highest BCUT2D eigenvalue weighted by Gasteiger charge is 2.36. The third-order valence-electron chi connectivity index (χ3n) is 5.92. The van der Waals surface area contributed by atoms with Crippen LogP contribution in [-0.4, -0.2) is 66.6 Å². The molecule has 1 N–H and O–H groups in total. The van der Waals surface area contributed by atoms with Crippen LogP contribution in [0.1, 0.15) is 67.9 Å². The Kier molecular flexibility index (Phi) is 6.60. The lowest BCUT2D eigenvalue weighted by molar-refractivity contribution is 0.00815.